The van der Waals surface area contributed by atoms with E-state index in [0.717, 1.165) is 5.56 Å². The minimum absolute atomic E-state index is 0.0316. The number of sulfonamides is 1. The highest BCUT2D eigenvalue weighted by Crippen LogP contribution is 2.29. The summed E-state index contributed by atoms with van der Waals surface area (Å²) in [6.07, 6.45) is 1.25. The minimum Gasteiger partial charge on any atom is -0.248 e. The number of aromatic amines is 1. The molecule has 1 aromatic carbocycles. The Morgan fingerprint density at radius 1 is 1.14 bits per heavy atom. The van der Waals surface area contributed by atoms with Crippen molar-refractivity contribution in [3.8, 4) is 0 Å². The summed E-state index contributed by atoms with van der Waals surface area (Å²) in [5, 5.41) is 6.11. The number of nitrogens with zero attached hydrogens (tertiary/aromatic N) is 2. The second kappa shape index (κ2) is 5.14. The molecule has 1 aromatic heterocycles. The van der Waals surface area contributed by atoms with Crippen molar-refractivity contribution < 1.29 is 8.42 Å². The van der Waals surface area contributed by atoms with Gasteiger partial charge in [-0.1, -0.05) is 32.9 Å². The van der Waals surface area contributed by atoms with Crippen molar-refractivity contribution in [2.75, 3.05) is 4.72 Å². The lowest BCUT2D eigenvalue weighted by atomic mass is 9.85. The van der Waals surface area contributed by atoms with Crippen molar-refractivity contribution in [1.29, 1.82) is 0 Å². The van der Waals surface area contributed by atoms with Gasteiger partial charge >= 0.3 is 0 Å². The highest BCUT2D eigenvalue weighted by molar-refractivity contribution is 7.92. The van der Waals surface area contributed by atoms with Crippen LogP contribution in [0.15, 0.2) is 23.4 Å². The first-order chi connectivity index (χ1) is 9.61. The summed E-state index contributed by atoms with van der Waals surface area (Å²) in [6.45, 7) is 9.90. The quantitative estimate of drug-likeness (QED) is 0.912. The molecule has 0 unspecified atom stereocenters. The lowest BCUT2D eigenvalue weighted by Crippen LogP contribution is -2.18. The van der Waals surface area contributed by atoms with E-state index in [1.807, 2.05) is 12.1 Å². The summed E-state index contributed by atoms with van der Waals surface area (Å²) in [5.74, 6) is 0.105. The molecule has 2 N–H and O–H groups in total. The Morgan fingerprint density at radius 2 is 1.71 bits per heavy atom. The van der Waals surface area contributed by atoms with Gasteiger partial charge in [0.05, 0.1) is 4.90 Å². The molecule has 0 bridgehead atoms. The maximum atomic E-state index is 12.5. The van der Waals surface area contributed by atoms with Crippen LogP contribution in [0.5, 0.6) is 0 Å². The zero-order valence-electron chi connectivity index (χ0n) is 12.9. The summed E-state index contributed by atoms with van der Waals surface area (Å²) in [7, 11) is -3.69. The molecule has 0 fully saturated rings. The molecule has 0 aliphatic heterocycles. The van der Waals surface area contributed by atoms with Gasteiger partial charge in [0.1, 0.15) is 6.33 Å². The van der Waals surface area contributed by atoms with Gasteiger partial charge in [-0.05, 0) is 36.0 Å². The molecule has 0 radical (unpaired) electrons. The van der Waals surface area contributed by atoms with Crippen molar-refractivity contribution in [3.63, 3.8) is 0 Å². The third-order valence-corrected chi connectivity index (χ3v) is 4.88. The fourth-order valence-corrected chi connectivity index (χ4v) is 3.66. The highest BCUT2D eigenvalue weighted by Gasteiger charge is 2.23. The Labute approximate surface area is 125 Å². The first-order valence-electron chi connectivity index (χ1n) is 6.61. The van der Waals surface area contributed by atoms with E-state index in [4.69, 9.17) is 0 Å². The number of aryl methyl sites for hydroxylation is 2. The summed E-state index contributed by atoms with van der Waals surface area (Å²) in [4.78, 5) is 4.07. The smallest absolute Gasteiger partial charge is 0.248 e. The SMILES string of the molecule is Cc1cc(C(C)(C)C)cc(C)c1S(=O)(=O)Nc1ncn[nH]1. The van der Waals surface area contributed by atoms with Gasteiger partial charge in [-0.2, -0.15) is 10.1 Å². The van der Waals surface area contributed by atoms with Crippen LogP contribution in [0.2, 0.25) is 0 Å². The molecule has 1 heterocycles. The number of benzene rings is 1. The summed E-state index contributed by atoms with van der Waals surface area (Å²) < 4.78 is 27.4. The van der Waals surface area contributed by atoms with Gasteiger partial charge in [0.15, 0.2) is 0 Å². The van der Waals surface area contributed by atoms with Gasteiger partial charge in [0.25, 0.3) is 10.0 Å². The molecule has 0 atom stereocenters. The molecule has 0 aliphatic carbocycles. The molecule has 21 heavy (non-hydrogen) atoms. The van der Waals surface area contributed by atoms with E-state index in [1.54, 1.807) is 13.8 Å². The van der Waals surface area contributed by atoms with Gasteiger partial charge in [0.2, 0.25) is 5.95 Å². The van der Waals surface area contributed by atoms with E-state index in [-0.39, 0.29) is 16.3 Å². The Balaban J connectivity index is 2.49. The van der Waals surface area contributed by atoms with Crippen molar-refractivity contribution in [1.82, 2.24) is 15.2 Å². The van der Waals surface area contributed by atoms with Gasteiger partial charge in [-0.15, -0.1) is 0 Å². The molecule has 2 rings (SSSR count). The van der Waals surface area contributed by atoms with Crippen molar-refractivity contribution in [3.05, 3.63) is 35.2 Å². The standard InChI is InChI=1S/C14H20N4O2S/c1-9-6-11(14(3,4)5)7-10(2)12(9)21(19,20)18-13-15-8-16-17-13/h6-8H,1-5H3,(H2,15,16,17,18). The minimum atomic E-state index is -3.69. The van der Waals surface area contributed by atoms with Crippen LogP contribution in [0.25, 0.3) is 0 Å². The molecule has 0 saturated heterocycles. The number of hydrogen-bond acceptors (Lipinski definition) is 4. The second-order valence-corrected chi connectivity index (χ2v) is 7.75. The topological polar surface area (TPSA) is 87.7 Å². The maximum Gasteiger partial charge on any atom is 0.264 e. The average molecular weight is 308 g/mol. The molecule has 0 aliphatic rings. The van der Waals surface area contributed by atoms with Gasteiger partial charge in [-0.3, -0.25) is 0 Å². The number of anilines is 1. The van der Waals surface area contributed by atoms with E-state index in [2.05, 4.69) is 40.7 Å². The lowest BCUT2D eigenvalue weighted by Gasteiger charge is -2.22. The van der Waals surface area contributed by atoms with Crippen LogP contribution >= 0.6 is 0 Å². The molecule has 114 valence electrons. The third-order valence-electron chi connectivity index (χ3n) is 3.24. The van der Waals surface area contributed by atoms with Crippen LogP contribution < -0.4 is 4.72 Å². The maximum absolute atomic E-state index is 12.5. The van der Waals surface area contributed by atoms with Crippen LogP contribution in [0, 0.1) is 13.8 Å². The normalized spacial score (nSPS) is 12.4. The van der Waals surface area contributed by atoms with Crippen LogP contribution in [-0.2, 0) is 15.4 Å². The van der Waals surface area contributed by atoms with Crippen molar-refractivity contribution >= 4 is 16.0 Å². The third kappa shape index (κ3) is 3.24. The first-order valence-corrected chi connectivity index (χ1v) is 8.09. The molecule has 7 heteroatoms. The van der Waals surface area contributed by atoms with E-state index in [9.17, 15) is 8.42 Å². The largest absolute Gasteiger partial charge is 0.264 e. The van der Waals surface area contributed by atoms with Crippen molar-refractivity contribution in [2.24, 2.45) is 0 Å². The first kappa shape index (κ1) is 15.5. The van der Waals surface area contributed by atoms with E-state index >= 15 is 0 Å². The van der Waals surface area contributed by atoms with Crippen LogP contribution in [0.1, 0.15) is 37.5 Å². The van der Waals surface area contributed by atoms with Crippen LogP contribution in [0.3, 0.4) is 0 Å². The highest BCUT2D eigenvalue weighted by atomic mass is 32.2. The van der Waals surface area contributed by atoms with Crippen LogP contribution in [-0.4, -0.2) is 23.6 Å². The molecule has 0 amide bonds. The Bertz CT molecular complexity index is 721. The average Bonchev–Trinajstić information content (AvgIpc) is 2.78. The molecule has 6 nitrogen and oxygen atoms in total. The Hall–Kier alpha value is -1.89. The van der Waals surface area contributed by atoms with E-state index < -0.39 is 10.0 Å². The van der Waals surface area contributed by atoms with Gasteiger partial charge < -0.3 is 0 Å². The lowest BCUT2D eigenvalue weighted by molar-refractivity contribution is 0.585. The Morgan fingerprint density at radius 3 is 2.14 bits per heavy atom. The summed E-state index contributed by atoms with van der Waals surface area (Å²) in [5.41, 5.74) is 2.51. The second-order valence-electron chi connectivity index (χ2n) is 6.13. The van der Waals surface area contributed by atoms with Gasteiger partial charge in [0, 0.05) is 0 Å². The predicted octanol–water partition coefficient (Wildman–Crippen LogP) is 2.52. The number of H-pyrrole nitrogens is 1. The fourth-order valence-electron chi connectivity index (χ4n) is 2.24. The summed E-state index contributed by atoms with van der Waals surface area (Å²) >= 11 is 0. The molecule has 2 aromatic rings. The van der Waals surface area contributed by atoms with E-state index in [1.165, 1.54) is 6.33 Å². The van der Waals surface area contributed by atoms with Crippen LogP contribution in [0.4, 0.5) is 5.95 Å². The summed E-state index contributed by atoms with van der Waals surface area (Å²) in [6, 6.07) is 3.84. The number of nitrogens with one attached hydrogen (secondary N) is 2. The van der Waals surface area contributed by atoms with E-state index in [0.29, 0.717) is 11.1 Å². The molecule has 0 saturated carbocycles. The number of hydrogen-bond donors (Lipinski definition) is 2. The fraction of sp³-hybridized carbons (Fsp3) is 0.429. The van der Waals surface area contributed by atoms with Crippen molar-refractivity contribution in [2.45, 2.75) is 44.9 Å². The monoisotopic (exact) mass is 308 g/mol. The zero-order valence-corrected chi connectivity index (χ0v) is 13.7. The zero-order chi connectivity index (χ0) is 15.8. The number of aromatic nitrogens is 3. The molecular weight excluding hydrogens is 288 g/mol. The van der Waals surface area contributed by atoms with Gasteiger partial charge in [-0.25, -0.2) is 18.2 Å². The molecular formula is C14H20N4O2S. The predicted molar refractivity (Wildman–Crippen MR) is 81.8 cm³/mol. The molecule has 0 spiro atoms. The number of rotatable bonds is 3. The Kier molecular flexibility index (Phi) is 3.79.